The number of amides is 2. The largest absolute Gasteiger partial charge is 0.495 e. The van der Waals surface area contributed by atoms with Crippen LogP contribution in [0.1, 0.15) is 15.9 Å². The molecule has 0 aliphatic heterocycles. The second kappa shape index (κ2) is 9.81. The normalized spacial score (nSPS) is 11.2. The van der Waals surface area contributed by atoms with Crippen LogP contribution >= 0.6 is 11.6 Å². The molecule has 2 aromatic carbocycles. The summed E-state index contributed by atoms with van der Waals surface area (Å²) in [5.41, 5.74) is 6.22. The van der Waals surface area contributed by atoms with Crippen LogP contribution in [0.2, 0.25) is 5.02 Å². The second-order valence-electron chi connectivity index (χ2n) is 6.66. The van der Waals surface area contributed by atoms with E-state index in [1.165, 1.54) is 42.4 Å². The minimum Gasteiger partial charge on any atom is -0.495 e. The minimum atomic E-state index is -4.01. The third-order valence-corrected chi connectivity index (χ3v) is 5.98. The highest BCUT2D eigenvalue weighted by Crippen LogP contribution is 2.25. The Hall–Kier alpha value is -3.41. The van der Waals surface area contributed by atoms with Gasteiger partial charge in [0.25, 0.3) is 5.91 Å². The number of carbonyl (C=O) groups excluding carboxylic acids is 2. The molecule has 0 spiro atoms. The van der Waals surface area contributed by atoms with Crippen molar-refractivity contribution in [1.82, 2.24) is 14.5 Å². The van der Waals surface area contributed by atoms with E-state index in [0.29, 0.717) is 16.3 Å². The van der Waals surface area contributed by atoms with Crippen molar-refractivity contribution in [3.8, 4) is 5.75 Å². The van der Waals surface area contributed by atoms with Crippen molar-refractivity contribution in [1.29, 1.82) is 0 Å². The fraction of sp³-hybridized carbons (Fsp3) is 0.150. The van der Waals surface area contributed by atoms with Gasteiger partial charge >= 0.3 is 0 Å². The van der Waals surface area contributed by atoms with Gasteiger partial charge in [0.15, 0.2) is 0 Å². The van der Waals surface area contributed by atoms with Crippen molar-refractivity contribution in [2.45, 2.75) is 18.0 Å². The lowest BCUT2D eigenvalue weighted by atomic mass is 10.2. The van der Waals surface area contributed by atoms with Gasteiger partial charge in [0.05, 0.1) is 19.0 Å². The van der Waals surface area contributed by atoms with E-state index in [9.17, 15) is 18.0 Å². The summed E-state index contributed by atoms with van der Waals surface area (Å²) in [6.07, 6.45) is 2.77. The van der Waals surface area contributed by atoms with E-state index in [2.05, 4.69) is 15.1 Å². The first-order valence-electron chi connectivity index (χ1n) is 9.22. The number of halogens is 1. The smallest absolute Gasteiger partial charge is 0.255 e. The van der Waals surface area contributed by atoms with Crippen LogP contribution < -0.4 is 20.5 Å². The second-order valence-corrected chi connectivity index (χ2v) is 8.84. The Kier molecular flexibility index (Phi) is 7.13. The minimum absolute atomic E-state index is 0.0259. The molecule has 32 heavy (non-hydrogen) atoms. The van der Waals surface area contributed by atoms with Gasteiger partial charge in [0.2, 0.25) is 15.9 Å². The topological polar surface area (TPSA) is 145 Å². The summed E-state index contributed by atoms with van der Waals surface area (Å²) in [5, 5.41) is 7.04. The number of ether oxygens (including phenoxy) is 1. The van der Waals surface area contributed by atoms with E-state index >= 15 is 0 Å². The first kappa shape index (κ1) is 23.3. The molecule has 3 aromatic rings. The van der Waals surface area contributed by atoms with Gasteiger partial charge in [-0.25, -0.2) is 13.1 Å². The van der Waals surface area contributed by atoms with Crippen LogP contribution in [0.25, 0.3) is 0 Å². The average molecular weight is 478 g/mol. The van der Waals surface area contributed by atoms with Gasteiger partial charge in [0.1, 0.15) is 17.2 Å². The predicted molar refractivity (Wildman–Crippen MR) is 118 cm³/mol. The quantitative estimate of drug-likeness (QED) is 0.428. The molecule has 0 aliphatic carbocycles. The summed E-state index contributed by atoms with van der Waals surface area (Å²) in [7, 11) is -2.67. The molecule has 0 unspecified atom stereocenters. The van der Waals surface area contributed by atoms with Gasteiger partial charge in [-0.15, -0.1) is 0 Å². The maximum Gasteiger partial charge on any atom is 0.255 e. The molecule has 0 saturated carbocycles. The van der Waals surface area contributed by atoms with E-state index in [4.69, 9.17) is 22.1 Å². The Labute approximate surface area is 189 Å². The number of nitrogens with one attached hydrogen (secondary N) is 2. The highest BCUT2D eigenvalue weighted by molar-refractivity contribution is 7.89. The summed E-state index contributed by atoms with van der Waals surface area (Å²) in [6.45, 7) is -0.113. The number of aromatic nitrogens is 2. The first-order valence-corrected chi connectivity index (χ1v) is 11.1. The zero-order valence-electron chi connectivity index (χ0n) is 16.9. The Balaban J connectivity index is 1.79. The van der Waals surface area contributed by atoms with Crippen LogP contribution in [0.4, 0.5) is 5.69 Å². The van der Waals surface area contributed by atoms with Crippen molar-refractivity contribution in [2.75, 3.05) is 12.4 Å². The molecule has 12 heteroatoms. The molecule has 0 saturated heterocycles. The predicted octanol–water partition coefficient (Wildman–Crippen LogP) is 1.76. The molecule has 1 heterocycles. The van der Waals surface area contributed by atoms with Crippen molar-refractivity contribution in [3.05, 3.63) is 71.0 Å². The number of methoxy groups -OCH3 is 1. The molecular formula is C20H20ClN5O5S. The zero-order chi connectivity index (χ0) is 23.3. The van der Waals surface area contributed by atoms with Crippen molar-refractivity contribution in [2.24, 2.45) is 5.73 Å². The number of nitrogens with zero attached hydrogens (tertiary/aromatic N) is 2. The van der Waals surface area contributed by atoms with E-state index in [0.717, 1.165) is 0 Å². The van der Waals surface area contributed by atoms with Crippen LogP contribution in [0.15, 0.2) is 59.8 Å². The number of rotatable bonds is 9. The molecule has 4 N–H and O–H groups in total. The molecule has 1 aromatic heterocycles. The van der Waals surface area contributed by atoms with E-state index in [-0.39, 0.29) is 29.3 Å². The van der Waals surface area contributed by atoms with Gasteiger partial charge < -0.3 is 15.8 Å². The highest BCUT2D eigenvalue weighted by Gasteiger charge is 2.22. The van der Waals surface area contributed by atoms with Crippen LogP contribution in [-0.2, 0) is 27.9 Å². The lowest BCUT2D eigenvalue weighted by Crippen LogP contribution is -2.24. The van der Waals surface area contributed by atoms with Crippen LogP contribution in [0, 0.1) is 0 Å². The van der Waals surface area contributed by atoms with Crippen molar-refractivity contribution >= 4 is 39.1 Å². The fourth-order valence-electron chi connectivity index (χ4n) is 2.76. The highest BCUT2D eigenvalue weighted by atomic mass is 35.5. The summed E-state index contributed by atoms with van der Waals surface area (Å²) in [5.74, 6) is -1.07. The lowest BCUT2D eigenvalue weighted by molar-refractivity contribution is -0.118. The maximum absolute atomic E-state index is 12.9. The molecule has 0 radical (unpaired) electrons. The number of benzene rings is 2. The molecule has 10 nitrogen and oxygen atoms in total. The monoisotopic (exact) mass is 477 g/mol. The fourth-order valence-corrected chi connectivity index (χ4v) is 4.10. The SMILES string of the molecule is COc1ccc(C(=O)Nc2cnn(CC(N)=O)c2)cc1S(=O)(=O)NCc1ccc(Cl)cc1. The van der Waals surface area contributed by atoms with Gasteiger partial charge in [-0.2, -0.15) is 5.10 Å². The van der Waals surface area contributed by atoms with Crippen molar-refractivity contribution < 1.29 is 22.7 Å². The zero-order valence-corrected chi connectivity index (χ0v) is 18.5. The molecule has 168 valence electrons. The van der Waals surface area contributed by atoms with E-state index in [1.54, 1.807) is 24.3 Å². The standard InChI is InChI=1S/C20H20ClN5O5S/c1-31-17-7-4-14(20(28)25-16-10-23-26(11-16)12-19(22)27)8-18(17)32(29,30)24-9-13-2-5-15(21)6-3-13/h2-8,10-11,24H,9,12H2,1H3,(H2,22,27)(H,25,28). The third kappa shape index (κ3) is 5.84. The molecule has 3 rings (SSSR count). The number of hydrogen-bond acceptors (Lipinski definition) is 6. The van der Waals surface area contributed by atoms with E-state index in [1.807, 2.05) is 0 Å². The Bertz CT molecular complexity index is 1240. The number of carbonyl (C=O) groups is 2. The Morgan fingerprint density at radius 2 is 1.91 bits per heavy atom. The average Bonchev–Trinajstić information content (AvgIpc) is 3.18. The van der Waals surface area contributed by atoms with Crippen LogP contribution in [-0.4, -0.2) is 37.1 Å². The van der Waals surface area contributed by atoms with Crippen LogP contribution in [0.5, 0.6) is 5.75 Å². The molecule has 0 aliphatic rings. The summed E-state index contributed by atoms with van der Waals surface area (Å²) in [6, 6.07) is 10.7. The number of nitrogens with two attached hydrogens (primary N) is 1. The van der Waals surface area contributed by atoms with Crippen LogP contribution in [0.3, 0.4) is 0 Å². The first-order chi connectivity index (χ1) is 15.2. The summed E-state index contributed by atoms with van der Waals surface area (Å²) in [4.78, 5) is 23.4. The lowest BCUT2D eigenvalue weighted by Gasteiger charge is -2.12. The maximum atomic E-state index is 12.9. The van der Waals surface area contributed by atoms with Gasteiger partial charge in [0, 0.05) is 23.3 Å². The summed E-state index contributed by atoms with van der Waals surface area (Å²) >= 11 is 5.85. The molecule has 0 fully saturated rings. The van der Waals surface area contributed by atoms with E-state index < -0.39 is 21.8 Å². The molecule has 2 amide bonds. The molecule has 0 atom stereocenters. The Morgan fingerprint density at radius 3 is 2.56 bits per heavy atom. The number of anilines is 1. The number of sulfonamides is 1. The molecule has 0 bridgehead atoms. The van der Waals surface area contributed by atoms with Gasteiger partial charge in [-0.1, -0.05) is 23.7 Å². The number of primary amides is 1. The number of hydrogen-bond donors (Lipinski definition) is 3. The summed E-state index contributed by atoms with van der Waals surface area (Å²) < 4.78 is 34.7. The van der Waals surface area contributed by atoms with Gasteiger partial charge in [-0.3, -0.25) is 14.3 Å². The third-order valence-electron chi connectivity index (χ3n) is 4.30. The molecular weight excluding hydrogens is 458 g/mol. The Morgan fingerprint density at radius 1 is 1.19 bits per heavy atom. The van der Waals surface area contributed by atoms with Gasteiger partial charge in [-0.05, 0) is 35.9 Å². The van der Waals surface area contributed by atoms with Crippen molar-refractivity contribution in [3.63, 3.8) is 0 Å².